The minimum Gasteiger partial charge on any atom is -0.383 e. The lowest BCUT2D eigenvalue weighted by molar-refractivity contribution is 0.461. The van der Waals surface area contributed by atoms with Crippen molar-refractivity contribution in [1.29, 1.82) is 5.26 Å². The Morgan fingerprint density at radius 1 is 1.37 bits per heavy atom. The van der Waals surface area contributed by atoms with E-state index >= 15 is 0 Å². The zero-order valence-corrected chi connectivity index (χ0v) is 15.4. The zero-order valence-electron chi connectivity index (χ0n) is 15.4. The molecular weight excluding hydrogens is 338 g/mol. The molecule has 1 atom stereocenters. The Labute approximate surface area is 158 Å². The van der Waals surface area contributed by atoms with E-state index in [0.29, 0.717) is 11.4 Å². The van der Waals surface area contributed by atoms with E-state index in [9.17, 15) is 5.26 Å². The predicted molar refractivity (Wildman–Crippen MR) is 105 cm³/mol. The van der Waals surface area contributed by atoms with Crippen LogP contribution >= 0.6 is 0 Å². The number of pyridine rings is 1. The molecule has 0 bridgehead atoms. The third-order valence-corrected chi connectivity index (χ3v) is 5.17. The largest absolute Gasteiger partial charge is 0.383 e. The van der Waals surface area contributed by atoms with E-state index in [1.807, 2.05) is 28.9 Å². The summed E-state index contributed by atoms with van der Waals surface area (Å²) in [5, 5.41) is 21.5. The molecule has 2 aromatic heterocycles. The predicted octanol–water partition coefficient (Wildman–Crippen LogP) is 2.82. The van der Waals surface area contributed by atoms with Gasteiger partial charge < -0.3 is 11.1 Å². The lowest BCUT2D eigenvalue weighted by Crippen LogP contribution is -2.29. The number of piperidine rings is 1. The number of anilines is 1. The molecule has 1 aliphatic rings. The number of hydrogen-bond donors (Lipinski definition) is 2. The maximum atomic E-state index is 9.57. The molecule has 0 saturated carbocycles. The number of nitrogens with one attached hydrogen (secondary N) is 1. The van der Waals surface area contributed by atoms with Crippen LogP contribution in [-0.4, -0.2) is 33.1 Å². The van der Waals surface area contributed by atoms with Crippen molar-refractivity contribution in [3.63, 3.8) is 0 Å². The van der Waals surface area contributed by atoms with E-state index < -0.39 is 0 Å². The Kier molecular flexibility index (Phi) is 4.73. The van der Waals surface area contributed by atoms with Crippen LogP contribution < -0.4 is 11.1 Å². The average Bonchev–Trinajstić information content (AvgIpc) is 3.10. The lowest BCUT2D eigenvalue weighted by Gasteiger charge is -2.24. The first-order valence-electron chi connectivity index (χ1n) is 9.46. The van der Waals surface area contributed by atoms with Crippen molar-refractivity contribution in [3.05, 3.63) is 35.4 Å². The SMILES string of the molecule is CCCn1nnc2cc(-c3cc(C4CCCNC4)c(C#N)c(N)n3)ccc21. The van der Waals surface area contributed by atoms with Gasteiger partial charge in [0, 0.05) is 18.7 Å². The molecule has 3 heterocycles. The van der Waals surface area contributed by atoms with Crippen LogP contribution in [0.1, 0.15) is 43.2 Å². The highest BCUT2D eigenvalue weighted by atomic mass is 15.4. The average molecular weight is 361 g/mol. The van der Waals surface area contributed by atoms with Crippen molar-refractivity contribution in [2.45, 2.75) is 38.6 Å². The molecule has 4 rings (SSSR count). The number of nitrogens with zero attached hydrogens (tertiary/aromatic N) is 5. The topological polar surface area (TPSA) is 105 Å². The van der Waals surface area contributed by atoms with Crippen molar-refractivity contribution in [3.8, 4) is 17.3 Å². The van der Waals surface area contributed by atoms with Crippen LogP contribution in [0.5, 0.6) is 0 Å². The Balaban J connectivity index is 1.78. The van der Waals surface area contributed by atoms with E-state index in [4.69, 9.17) is 5.73 Å². The van der Waals surface area contributed by atoms with E-state index in [0.717, 1.165) is 66.8 Å². The number of aryl methyl sites for hydroxylation is 1. The van der Waals surface area contributed by atoms with E-state index in [2.05, 4.69) is 33.6 Å². The van der Waals surface area contributed by atoms with E-state index in [1.165, 1.54) is 0 Å². The van der Waals surface area contributed by atoms with Gasteiger partial charge in [-0.3, -0.25) is 0 Å². The van der Waals surface area contributed by atoms with Crippen molar-refractivity contribution in [1.82, 2.24) is 25.3 Å². The summed E-state index contributed by atoms with van der Waals surface area (Å²) < 4.78 is 1.92. The quantitative estimate of drug-likeness (QED) is 0.740. The van der Waals surface area contributed by atoms with Crippen molar-refractivity contribution < 1.29 is 0 Å². The summed E-state index contributed by atoms with van der Waals surface area (Å²) in [6, 6.07) is 10.3. The Hall–Kier alpha value is -2.98. The third kappa shape index (κ3) is 3.24. The van der Waals surface area contributed by atoms with Gasteiger partial charge in [0.2, 0.25) is 0 Å². The summed E-state index contributed by atoms with van der Waals surface area (Å²) in [6.07, 6.45) is 3.15. The smallest absolute Gasteiger partial charge is 0.142 e. The number of nitrogens with two attached hydrogens (primary N) is 1. The number of fused-ring (bicyclic) bond motifs is 1. The fourth-order valence-electron chi connectivity index (χ4n) is 3.80. The number of hydrogen-bond acceptors (Lipinski definition) is 6. The van der Waals surface area contributed by atoms with Gasteiger partial charge in [-0.1, -0.05) is 18.2 Å². The molecule has 3 aromatic rings. The second-order valence-electron chi connectivity index (χ2n) is 7.03. The van der Waals surface area contributed by atoms with Gasteiger partial charge >= 0.3 is 0 Å². The number of aromatic nitrogens is 4. The Morgan fingerprint density at radius 3 is 3.00 bits per heavy atom. The molecule has 27 heavy (non-hydrogen) atoms. The van der Waals surface area contributed by atoms with Gasteiger partial charge in [0.25, 0.3) is 0 Å². The van der Waals surface area contributed by atoms with Gasteiger partial charge in [-0.05, 0) is 55.5 Å². The molecule has 7 heteroatoms. The van der Waals surface area contributed by atoms with Gasteiger partial charge in [-0.15, -0.1) is 5.10 Å². The van der Waals surface area contributed by atoms with Crippen LogP contribution in [0.25, 0.3) is 22.3 Å². The van der Waals surface area contributed by atoms with Gasteiger partial charge in [0.05, 0.1) is 16.8 Å². The maximum absolute atomic E-state index is 9.57. The molecule has 1 fully saturated rings. The molecule has 3 N–H and O–H groups in total. The van der Waals surface area contributed by atoms with Crippen LogP contribution in [-0.2, 0) is 6.54 Å². The van der Waals surface area contributed by atoms with Crippen LogP contribution in [0.3, 0.4) is 0 Å². The van der Waals surface area contributed by atoms with Crippen LogP contribution in [0.4, 0.5) is 5.82 Å². The molecule has 0 spiro atoms. The normalized spacial score (nSPS) is 17.1. The molecule has 1 aliphatic heterocycles. The summed E-state index contributed by atoms with van der Waals surface area (Å²) in [6.45, 7) is 4.85. The second kappa shape index (κ2) is 7.33. The molecule has 1 aromatic carbocycles. The first kappa shape index (κ1) is 17.4. The first-order chi connectivity index (χ1) is 13.2. The van der Waals surface area contributed by atoms with Gasteiger partial charge in [0.15, 0.2) is 0 Å². The zero-order chi connectivity index (χ0) is 18.8. The van der Waals surface area contributed by atoms with Crippen LogP contribution in [0, 0.1) is 11.3 Å². The summed E-state index contributed by atoms with van der Waals surface area (Å²) in [4.78, 5) is 4.50. The molecule has 7 nitrogen and oxygen atoms in total. The number of nitriles is 1. The van der Waals surface area contributed by atoms with Gasteiger partial charge in [-0.2, -0.15) is 5.26 Å². The third-order valence-electron chi connectivity index (χ3n) is 5.17. The highest BCUT2D eigenvalue weighted by Gasteiger charge is 2.22. The monoisotopic (exact) mass is 361 g/mol. The fourth-order valence-corrected chi connectivity index (χ4v) is 3.80. The highest BCUT2D eigenvalue weighted by Crippen LogP contribution is 2.32. The lowest BCUT2D eigenvalue weighted by atomic mass is 9.88. The van der Waals surface area contributed by atoms with Crippen molar-refractivity contribution in [2.75, 3.05) is 18.8 Å². The molecule has 1 saturated heterocycles. The number of rotatable bonds is 4. The standard InChI is InChI=1S/C20H23N7/c1-2-8-27-19-6-5-13(9-18(19)25-26-27)17-10-15(14-4-3-7-23-12-14)16(11-21)20(22)24-17/h5-6,9-10,14,23H,2-4,7-8,12H2,1H3,(H2,22,24). The molecular formula is C20H23N7. The summed E-state index contributed by atoms with van der Waals surface area (Å²) in [5.74, 6) is 0.580. The van der Waals surface area contributed by atoms with Crippen LogP contribution in [0.15, 0.2) is 24.3 Å². The molecule has 0 aliphatic carbocycles. The fraction of sp³-hybridized carbons (Fsp3) is 0.400. The van der Waals surface area contributed by atoms with Crippen LogP contribution in [0.2, 0.25) is 0 Å². The molecule has 0 amide bonds. The summed E-state index contributed by atoms with van der Waals surface area (Å²) in [5.41, 5.74) is 11.2. The van der Waals surface area contributed by atoms with E-state index in [1.54, 1.807) is 0 Å². The maximum Gasteiger partial charge on any atom is 0.142 e. The van der Waals surface area contributed by atoms with Crippen molar-refractivity contribution >= 4 is 16.9 Å². The Bertz CT molecular complexity index is 1010. The minimum atomic E-state index is 0.284. The molecule has 0 radical (unpaired) electrons. The molecule has 138 valence electrons. The number of nitrogen functional groups attached to an aromatic ring is 1. The van der Waals surface area contributed by atoms with Gasteiger partial charge in [-0.25, -0.2) is 9.67 Å². The molecule has 1 unspecified atom stereocenters. The van der Waals surface area contributed by atoms with Crippen molar-refractivity contribution in [2.24, 2.45) is 0 Å². The Morgan fingerprint density at radius 2 is 2.26 bits per heavy atom. The number of benzene rings is 1. The summed E-state index contributed by atoms with van der Waals surface area (Å²) in [7, 11) is 0. The summed E-state index contributed by atoms with van der Waals surface area (Å²) >= 11 is 0. The second-order valence-corrected chi connectivity index (χ2v) is 7.03. The minimum absolute atomic E-state index is 0.284. The highest BCUT2D eigenvalue weighted by molar-refractivity contribution is 5.81. The van der Waals surface area contributed by atoms with E-state index in [-0.39, 0.29) is 5.92 Å². The van der Waals surface area contributed by atoms with Gasteiger partial charge in [0.1, 0.15) is 17.4 Å². The first-order valence-corrected chi connectivity index (χ1v) is 9.46.